The maximum atomic E-state index is 13.1. The molecule has 0 aliphatic rings. The molecule has 20 heavy (non-hydrogen) atoms. The molecule has 110 valence electrons. The van der Waals surface area contributed by atoms with E-state index in [2.05, 4.69) is 0 Å². The van der Waals surface area contributed by atoms with Crippen LogP contribution in [0.5, 0.6) is 0 Å². The first-order valence-electron chi connectivity index (χ1n) is 6.33. The summed E-state index contributed by atoms with van der Waals surface area (Å²) in [7, 11) is 1.57. The molecule has 0 N–H and O–H groups in total. The normalized spacial score (nSPS) is 10.2. The second-order valence-corrected chi connectivity index (χ2v) is 4.31. The number of hydrogen-bond donors (Lipinski definition) is 0. The van der Waals surface area contributed by atoms with E-state index in [4.69, 9.17) is 0 Å². The summed E-state index contributed by atoms with van der Waals surface area (Å²) in [5.74, 6) is -0.806. The van der Waals surface area contributed by atoms with Crippen molar-refractivity contribution < 1.29 is 14.1 Å². The van der Waals surface area contributed by atoms with Gasteiger partial charge in [-0.3, -0.25) is 14.9 Å². The lowest BCUT2D eigenvalue weighted by atomic mass is 10.2. The van der Waals surface area contributed by atoms with Crippen molar-refractivity contribution in [3.63, 3.8) is 0 Å². The van der Waals surface area contributed by atoms with Gasteiger partial charge in [0.15, 0.2) is 0 Å². The molecule has 0 aliphatic carbocycles. The second kappa shape index (κ2) is 6.83. The molecule has 7 heteroatoms. The molecule has 0 fully saturated rings. The molecule has 0 aliphatic heterocycles. The summed E-state index contributed by atoms with van der Waals surface area (Å²) in [5, 5.41) is 10.9. The fraction of sp³-hybridized carbons (Fsp3) is 0.462. The van der Waals surface area contributed by atoms with E-state index in [1.807, 2.05) is 13.8 Å². The highest BCUT2D eigenvalue weighted by atomic mass is 19.1. The van der Waals surface area contributed by atoms with Crippen LogP contribution in [0.3, 0.4) is 0 Å². The zero-order chi connectivity index (χ0) is 15.3. The quantitative estimate of drug-likeness (QED) is 0.592. The van der Waals surface area contributed by atoms with Crippen molar-refractivity contribution in [3.05, 3.63) is 34.1 Å². The fourth-order valence-corrected chi connectivity index (χ4v) is 1.93. The van der Waals surface area contributed by atoms with Crippen LogP contribution < -0.4 is 4.90 Å². The Labute approximate surface area is 116 Å². The number of halogens is 1. The van der Waals surface area contributed by atoms with Crippen LogP contribution in [0.1, 0.15) is 13.8 Å². The molecular weight excluding hydrogens is 265 g/mol. The largest absolute Gasteiger partial charge is 0.360 e. The van der Waals surface area contributed by atoms with Gasteiger partial charge in [0, 0.05) is 20.1 Å². The van der Waals surface area contributed by atoms with E-state index < -0.39 is 10.7 Å². The highest BCUT2D eigenvalue weighted by Gasteiger charge is 2.21. The minimum Gasteiger partial charge on any atom is -0.360 e. The van der Waals surface area contributed by atoms with Gasteiger partial charge < -0.3 is 9.80 Å². The number of hydrogen-bond acceptors (Lipinski definition) is 4. The Morgan fingerprint density at radius 2 is 1.95 bits per heavy atom. The van der Waals surface area contributed by atoms with Crippen molar-refractivity contribution in [2.24, 2.45) is 0 Å². The van der Waals surface area contributed by atoms with E-state index >= 15 is 0 Å². The Morgan fingerprint density at radius 1 is 1.35 bits per heavy atom. The molecule has 1 rings (SSSR count). The summed E-state index contributed by atoms with van der Waals surface area (Å²) < 4.78 is 13.1. The van der Waals surface area contributed by atoms with Crippen molar-refractivity contribution in [1.82, 2.24) is 4.90 Å². The molecule has 0 spiro atoms. The molecule has 6 nitrogen and oxygen atoms in total. The van der Waals surface area contributed by atoms with Gasteiger partial charge in [-0.25, -0.2) is 4.39 Å². The first-order chi connectivity index (χ1) is 9.40. The van der Waals surface area contributed by atoms with Gasteiger partial charge in [0.05, 0.1) is 17.5 Å². The third-order valence-corrected chi connectivity index (χ3v) is 3.03. The molecule has 0 heterocycles. The summed E-state index contributed by atoms with van der Waals surface area (Å²) >= 11 is 0. The number of carbonyl (C=O) groups excluding carboxylic acids is 1. The van der Waals surface area contributed by atoms with E-state index in [9.17, 15) is 19.3 Å². The van der Waals surface area contributed by atoms with Crippen LogP contribution >= 0.6 is 0 Å². The Morgan fingerprint density at radius 3 is 2.45 bits per heavy atom. The van der Waals surface area contributed by atoms with Crippen LogP contribution in [-0.2, 0) is 4.79 Å². The molecule has 0 bridgehead atoms. The predicted molar refractivity (Wildman–Crippen MR) is 74.3 cm³/mol. The molecule has 0 saturated heterocycles. The van der Waals surface area contributed by atoms with Gasteiger partial charge >= 0.3 is 0 Å². The van der Waals surface area contributed by atoms with Crippen LogP contribution in [0.4, 0.5) is 15.8 Å². The summed E-state index contributed by atoms with van der Waals surface area (Å²) in [5.41, 5.74) is -0.128. The maximum Gasteiger partial charge on any atom is 0.295 e. The molecule has 1 amide bonds. The lowest BCUT2D eigenvalue weighted by Crippen LogP contribution is -2.39. The molecular formula is C13H18FN3O3. The number of amides is 1. The predicted octanol–water partition coefficient (Wildman–Crippen LogP) is 2.04. The minimum absolute atomic E-state index is 0.00809. The van der Waals surface area contributed by atoms with E-state index in [-0.39, 0.29) is 23.8 Å². The third kappa shape index (κ3) is 3.66. The molecule has 1 aromatic carbocycles. The smallest absolute Gasteiger partial charge is 0.295 e. The summed E-state index contributed by atoms with van der Waals surface area (Å²) in [6.45, 7) is 4.89. The van der Waals surface area contributed by atoms with Gasteiger partial charge in [-0.05, 0) is 26.0 Å². The van der Waals surface area contributed by atoms with Crippen molar-refractivity contribution in [2.45, 2.75) is 13.8 Å². The van der Waals surface area contributed by atoms with E-state index in [0.29, 0.717) is 13.1 Å². The Balaban J connectivity index is 2.95. The van der Waals surface area contributed by atoms with E-state index in [0.717, 1.165) is 12.1 Å². The van der Waals surface area contributed by atoms with Gasteiger partial charge in [0.1, 0.15) is 11.5 Å². The number of benzene rings is 1. The topological polar surface area (TPSA) is 66.7 Å². The molecule has 1 aromatic rings. The van der Waals surface area contributed by atoms with E-state index in [1.54, 1.807) is 11.9 Å². The Kier molecular flexibility index (Phi) is 5.42. The highest BCUT2D eigenvalue weighted by Crippen LogP contribution is 2.27. The van der Waals surface area contributed by atoms with Crippen LogP contribution in [0.2, 0.25) is 0 Å². The second-order valence-electron chi connectivity index (χ2n) is 4.31. The number of anilines is 1. The molecule has 0 atom stereocenters. The number of nitro groups is 1. The number of nitrogens with zero attached hydrogens (tertiary/aromatic N) is 3. The lowest BCUT2D eigenvalue weighted by Gasteiger charge is -2.24. The van der Waals surface area contributed by atoms with Gasteiger partial charge in [-0.2, -0.15) is 0 Å². The standard InChI is InChI=1S/C13H18FN3O3/c1-4-16(5-2)13(18)9-15(3)11-7-6-10(14)8-12(11)17(19)20/h6-8H,4-5,9H2,1-3H3. The average Bonchev–Trinajstić information content (AvgIpc) is 2.39. The van der Waals surface area contributed by atoms with Crippen molar-refractivity contribution >= 4 is 17.3 Å². The first kappa shape index (κ1) is 15.9. The van der Waals surface area contributed by atoms with Gasteiger partial charge in [-0.15, -0.1) is 0 Å². The van der Waals surface area contributed by atoms with Crippen LogP contribution in [-0.4, -0.2) is 42.4 Å². The minimum atomic E-state index is -0.677. The Bertz CT molecular complexity index is 504. The number of rotatable bonds is 6. The van der Waals surface area contributed by atoms with Crippen LogP contribution in [0.25, 0.3) is 0 Å². The number of carbonyl (C=O) groups is 1. The highest BCUT2D eigenvalue weighted by molar-refractivity contribution is 5.82. The Hall–Kier alpha value is -2.18. The van der Waals surface area contributed by atoms with Crippen LogP contribution in [0.15, 0.2) is 18.2 Å². The SMILES string of the molecule is CCN(CC)C(=O)CN(C)c1ccc(F)cc1[N+](=O)[O-]. The van der Waals surface area contributed by atoms with Gasteiger partial charge in [0.2, 0.25) is 5.91 Å². The van der Waals surface area contributed by atoms with Crippen molar-refractivity contribution in [3.8, 4) is 0 Å². The van der Waals surface area contributed by atoms with E-state index in [1.165, 1.54) is 11.0 Å². The summed E-state index contributed by atoms with van der Waals surface area (Å²) in [6, 6.07) is 3.30. The summed E-state index contributed by atoms with van der Waals surface area (Å²) in [4.78, 5) is 25.3. The molecule has 0 aromatic heterocycles. The van der Waals surface area contributed by atoms with Gasteiger partial charge in [-0.1, -0.05) is 0 Å². The van der Waals surface area contributed by atoms with Crippen molar-refractivity contribution in [1.29, 1.82) is 0 Å². The van der Waals surface area contributed by atoms with Crippen molar-refractivity contribution in [2.75, 3.05) is 31.6 Å². The lowest BCUT2D eigenvalue weighted by molar-refractivity contribution is -0.384. The summed E-state index contributed by atoms with van der Waals surface area (Å²) in [6.07, 6.45) is 0. The molecule has 0 radical (unpaired) electrons. The molecule has 0 saturated carbocycles. The maximum absolute atomic E-state index is 13.1. The number of likely N-dealkylation sites (N-methyl/N-ethyl adjacent to an activating group) is 2. The fourth-order valence-electron chi connectivity index (χ4n) is 1.93. The average molecular weight is 283 g/mol. The first-order valence-corrected chi connectivity index (χ1v) is 6.33. The zero-order valence-corrected chi connectivity index (χ0v) is 11.8. The van der Waals surface area contributed by atoms with Crippen LogP contribution in [0, 0.1) is 15.9 Å². The molecule has 0 unspecified atom stereocenters. The monoisotopic (exact) mass is 283 g/mol. The third-order valence-electron chi connectivity index (χ3n) is 3.03. The van der Waals surface area contributed by atoms with Gasteiger partial charge in [0.25, 0.3) is 5.69 Å². The zero-order valence-electron chi connectivity index (χ0n) is 11.8. The number of nitro benzene ring substituents is 1.